The van der Waals surface area contributed by atoms with Crippen molar-refractivity contribution in [3.8, 4) is 11.3 Å². The Labute approximate surface area is 134 Å². The van der Waals surface area contributed by atoms with Crippen molar-refractivity contribution in [1.82, 2.24) is 10.3 Å². The lowest BCUT2D eigenvalue weighted by molar-refractivity contribution is -0.132. The molecule has 0 atom stereocenters. The molecule has 1 aromatic heterocycles. The molecular formula is C14H12ClF3N2OS. The smallest absolute Gasteiger partial charge is 0.352 e. The van der Waals surface area contributed by atoms with E-state index in [4.69, 9.17) is 11.6 Å². The van der Waals surface area contributed by atoms with Crippen LogP contribution in [0.15, 0.2) is 24.3 Å². The summed E-state index contributed by atoms with van der Waals surface area (Å²) in [6.45, 7) is 1.39. The van der Waals surface area contributed by atoms with Crippen LogP contribution >= 0.6 is 22.9 Å². The summed E-state index contributed by atoms with van der Waals surface area (Å²) in [6, 6.07) is 6.39. The fourth-order valence-electron chi connectivity index (χ4n) is 1.78. The maximum absolute atomic E-state index is 12.0. The molecule has 2 rings (SSSR count). The van der Waals surface area contributed by atoms with Crippen molar-refractivity contribution < 1.29 is 18.0 Å². The molecule has 0 spiro atoms. The molecule has 0 bridgehead atoms. The number of hydrogen-bond acceptors (Lipinski definition) is 3. The molecule has 1 amide bonds. The summed E-state index contributed by atoms with van der Waals surface area (Å²) in [7, 11) is 0. The highest BCUT2D eigenvalue weighted by molar-refractivity contribution is 7.16. The van der Waals surface area contributed by atoms with Crippen LogP contribution in [0.1, 0.15) is 21.8 Å². The quantitative estimate of drug-likeness (QED) is 0.886. The summed E-state index contributed by atoms with van der Waals surface area (Å²) < 4.78 is 36.6. The summed E-state index contributed by atoms with van der Waals surface area (Å²) in [5, 5.41) is 3.06. The second-order valence-electron chi connectivity index (χ2n) is 4.55. The minimum Gasteiger partial charge on any atom is -0.352 e. The van der Waals surface area contributed by atoms with Crippen molar-refractivity contribution >= 4 is 28.8 Å². The molecule has 1 aromatic carbocycles. The zero-order valence-electron chi connectivity index (χ0n) is 11.5. The average molecular weight is 349 g/mol. The van der Waals surface area contributed by atoms with Gasteiger partial charge in [-0.2, -0.15) is 13.2 Å². The number of amides is 1. The zero-order valence-corrected chi connectivity index (χ0v) is 13.1. The summed E-state index contributed by atoms with van der Waals surface area (Å²) in [4.78, 5) is 16.0. The van der Waals surface area contributed by atoms with Gasteiger partial charge in [-0.1, -0.05) is 23.7 Å². The maximum Gasteiger partial charge on any atom is 0.390 e. The molecule has 0 fully saturated rings. The van der Waals surface area contributed by atoms with E-state index in [2.05, 4.69) is 10.3 Å². The van der Waals surface area contributed by atoms with Crippen LogP contribution in [0, 0.1) is 6.92 Å². The van der Waals surface area contributed by atoms with Crippen LogP contribution in [0.5, 0.6) is 0 Å². The topological polar surface area (TPSA) is 42.0 Å². The highest BCUT2D eigenvalue weighted by Crippen LogP contribution is 2.32. The van der Waals surface area contributed by atoms with Crippen molar-refractivity contribution in [1.29, 1.82) is 0 Å². The van der Waals surface area contributed by atoms with Gasteiger partial charge in [-0.25, -0.2) is 4.98 Å². The number of carbonyl (C=O) groups is 1. The van der Waals surface area contributed by atoms with Crippen LogP contribution in [0.3, 0.4) is 0 Å². The van der Waals surface area contributed by atoms with E-state index in [1.54, 1.807) is 12.1 Å². The van der Waals surface area contributed by atoms with E-state index in [1.165, 1.54) is 23.5 Å². The number of hydrogen-bond donors (Lipinski definition) is 1. The van der Waals surface area contributed by atoms with Gasteiger partial charge in [0, 0.05) is 17.7 Å². The molecule has 0 unspecified atom stereocenters. The molecule has 0 saturated carbocycles. The minimum atomic E-state index is -4.28. The third-order valence-corrected chi connectivity index (χ3v) is 3.98. The van der Waals surface area contributed by atoms with Gasteiger partial charge in [-0.15, -0.1) is 11.3 Å². The first-order valence-corrected chi connectivity index (χ1v) is 7.54. The second kappa shape index (κ2) is 6.66. The number of aromatic nitrogens is 1. The van der Waals surface area contributed by atoms with E-state index in [9.17, 15) is 18.0 Å². The number of carbonyl (C=O) groups excluding carboxylic acids is 1. The Balaban J connectivity index is 2.02. The van der Waals surface area contributed by atoms with Crippen molar-refractivity contribution in [3.05, 3.63) is 39.2 Å². The lowest BCUT2D eigenvalue weighted by Gasteiger charge is -2.08. The molecule has 22 heavy (non-hydrogen) atoms. The summed E-state index contributed by atoms with van der Waals surface area (Å²) in [5.41, 5.74) is 1.67. The van der Waals surface area contributed by atoms with E-state index in [0.717, 1.165) is 10.6 Å². The first-order valence-electron chi connectivity index (χ1n) is 6.34. The monoisotopic (exact) mass is 348 g/mol. The summed E-state index contributed by atoms with van der Waals surface area (Å²) >= 11 is 7.42. The Morgan fingerprint density at radius 2 is 1.95 bits per heavy atom. The van der Waals surface area contributed by atoms with Crippen LogP contribution in [-0.4, -0.2) is 23.6 Å². The lowest BCUT2D eigenvalue weighted by Crippen LogP contribution is -2.27. The fraction of sp³-hybridized carbons (Fsp3) is 0.286. The van der Waals surface area contributed by atoms with Crippen molar-refractivity contribution in [2.75, 3.05) is 6.54 Å². The molecule has 118 valence electrons. The van der Waals surface area contributed by atoms with E-state index in [0.29, 0.717) is 10.0 Å². The third kappa shape index (κ3) is 4.45. The first kappa shape index (κ1) is 16.8. The number of alkyl halides is 3. The number of rotatable bonds is 4. The molecule has 8 heteroatoms. The first-order chi connectivity index (χ1) is 10.3. The van der Waals surface area contributed by atoms with Gasteiger partial charge in [0.2, 0.25) is 0 Å². The molecule has 0 radical (unpaired) electrons. The minimum absolute atomic E-state index is 0.286. The van der Waals surface area contributed by atoms with Gasteiger partial charge >= 0.3 is 6.18 Å². The number of aryl methyl sites for hydroxylation is 1. The van der Waals surface area contributed by atoms with Gasteiger partial charge in [0.1, 0.15) is 10.0 Å². The Morgan fingerprint density at radius 1 is 1.32 bits per heavy atom. The van der Waals surface area contributed by atoms with E-state index in [1.807, 2.05) is 6.92 Å². The predicted molar refractivity (Wildman–Crippen MR) is 80.3 cm³/mol. The summed E-state index contributed by atoms with van der Waals surface area (Å²) in [5.74, 6) is -0.545. The van der Waals surface area contributed by atoms with E-state index < -0.39 is 25.0 Å². The van der Waals surface area contributed by atoms with E-state index in [-0.39, 0.29) is 5.56 Å². The third-order valence-electron chi connectivity index (χ3n) is 2.81. The van der Waals surface area contributed by atoms with Crippen LogP contribution in [-0.2, 0) is 0 Å². The van der Waals surface area contributed by atoms with Crippen LogP contribution in [0.2, 0.25) is 4.34 Å². The number of nitrogens with zero attached hydrogens (tertiary/aromatic N) is 1. The normalized spacial score (nSPS) is 11.5. The highest BCUT2D eigenvalue weighted by atomic mass is 35.5. The van der Waals surface area contributed by atoms with Gasteiger partial charge in [0.05, 0.1) is 11.4 Å². The van der Waals surface area contributed by atoms with Crippen molar-refractivity contribution in [2.24, 2.45) is 0 Å². The Kier molecular flexibility index (Phi) is 5.08. The largest absolute Gasteiger partial charge is 0.390 e. The number of benzene rings is 1. The molecule has 3 nitrogen and oxygen atoms in total. The molecular weight excluding hydrogens is 337 g/mol. The van der Waals surface area contributed by atoms with Crippen LogP contribution in [0.4, 0.5) is 13.2 Å². The zero-order chi connectivity index (χ0) is 16.3. The Bertz CT molecular complexity index is 668. The van der Waals surface area contributed by atoms with Crippen LogP contribution in [0.25, 0.3) is 11.3 Å². The number of thiazole rings is 1. The van der Waals surface area contributed by atoms with E-state index >= 15 is 0 Å². The van der Waals surface area contributed by atoms with Crippen molar-refractivity contribution in [2.45, 2.75) is 19.5 Å². The van der Waals surface area contributed by atoms with Gasteiger partial charge in [-0.3, -0.25) is 4.79 Å². The van der Waals surface area contributed by atoms with Crippen molar-refractivity contribution in [3.63, 3.8) is 0 Å². The van der Waals surface area contributed by atoms with Gasteiger partial charge in [-0.05, 0) is 19.1 Å². The number of halogens is 4. The lowest BCUT2D eigenvalue weighted by atomic mass is 10.1. The molecule has 1 heterocycles. The average Bonchev–Trinajstić information content (AvgIpc) is 2.76. The second-order valence-corrected chi connectivity index (χ2v) is 6.36. The molecule has 0 aliphatic heterocycles. The maximum atomic E-state index is 12.0. The van der Waals surface area contributed by atoms with Gasteiger partial charge in [0.15, 0.2) is 0 Å². The SMILES string of the molecule is Cc1nc(-c2ccc(C(=O)NCCC(F)(F)F)cc2)c(Cl)s1. The van der Waals surface area contributed by atoms with Gasteiger partial charge < -0.3 is 5.32 Å². The molecule has 0 aliphatic rings. The van der Waals surface area contributed by atoms with Gasteiger partial charge in [0.25, 0.3) is 5.91 Å². The fourth-order valence-corrected chi connectivity index (χ4v) is 2.92. The standard InChI is InChI=1S/C14H12ClF3N2OS/c1-8-20-11(12(15)22-8)9-2-4-10(5-3-9)13(21)19-7-6-14(16,17)18/h2-5H,6-7H2,1H3,(H,19,21). The Hall–Kier alpha value is -1.60. The molecule has 1 N–H and O–H groups in total. The molecule has 2 aromatic rings. The van der Waals surface area contributed by atoms with Crippen LogP contribution < -0.4 is 5.32 Å². The predicted octanol–water partition coefficient (Wildman–Crippen LogP) is 4.45. The number of nitrogens with one attached hydrogen (secondary N) is 1. The summed E-state index contributed by atoms with van der Waals surface area (Å²) in [6.07, 6.45) is -5.33. The molecule has 0 aliphatic carbocycles. The Morgan fingerprint density at radius 3 is 2.45 bits per heavy atom. The molecule has 0 saturated heterocycles. The highest BCUT2D eigenvalue weighted by Gasteiger charge is 2.26.